The van der Waals surface area contributed by atoms with Gasteiger partial charge in [-0.3, -0.25) is 0 Å². The van der Waals surface area contributed by atoms with Crippen LogP contribution in [-0.4, -0.2) is 13.7 Å². The van der Waals surface area contributed by atoms with Crippen LogP contribution in [0.2, 0.25) is 0 Å². The van der Waals surface area contributed by atoms with E-state index in [1.807, 2.05) is 6.07 Å². The van der Waals surface area contributed by atoms with Crippen molar-refractivity contribution in [3.63, 3.8) is 0 Å². The van der Waals surface area contributed by atoms with Crippen LogP contribution in [0, 0.1) is 0 Å². The minimum atomic E-state index is 0.611. The molecular formula is C12H18NO+. The summed E-state index contributed by atoms with van der Waals surface area (Å²) in [7, 11) is 1.75. The number of hydrogen-bond donors (Lipinski definition) is 1. The lowest BCUT2D eigenvalue weighted by atomic mass is 9.97. The molecule has 0 bridgehead atoms. The smallest absolute Gasteiger partial charge is 0.128 e. The number of para-hydroxylation sites is 1. The third kappa shape index (κ3) is 1.90. The lowest BCUT2D eigenvalue weighted by molar-refractivity contribution is -0.704. The first-order valence-electron chi connectivity index (χ1n) is 5.38. The summed E-state index contributed by atoms with van der Waals surface area (Å²) in [6, 6.07) is 8.98. The molecule has 0 saturated carbocycles. The van der Waals surface area contributed by atoms with E-state index in [-0.39, 0.29) is 0 Å². The highest BCUT2D eigenvalue weighted by molar-refractivity contribution is 5.34. The lowest BCUT2D eigenvalue weighted by Crippen LogP contribution is -2.86. The number of methoxy groups -OCH3 is 1. The highest BCUT2D eigenvalue weighted by atomic mass is 16.5. The number of hydrogen-bond acceptors (Lipinski definition) is 1. The number of piperidine rings is 1. The molecule has 0 spiro atoms. The van der Waals surface area contributed by atoms with Gasteiger partial charge in [0.1, 0.15) is 11.8 Å². The van der Waals surface area contributed by atoms with Gasteiger partial charge in [0, 0.05) is 6.42 Å². The molecule has 1 aromatic carbocycles. The van der Waals surface area contributed by atoms with E-state index in [4.69, 9.17) is 4.74 Å². The van der Waals surface area contributed by atoms with Crippen LogP contribution >= 0.6 is 0 Å². The van der Waals surface area contributed by atoms with Crippen molar-refractivity contribution >= 4 is 0 Å². The Hall–Kier alpha value is -1.02. The summed E-state index contributed by atoms with van der Waals surface area (Å²) in [4.78, 5) is 0. The first kappa shape index (κ1) is 9.53. The highest BCUT2D eigenvalue weighted by Gasteiger charge is 2.21. The van der Waals surface area contributed by atoms with E-state index < -0.39 is 0 Å². The van der Waals surface area contributed by atoms with Gasteiger partial charge in [0.25, 0.3) is 0 Å². The predicted octanol–water partition coefficient (Wildman–Crippen LogP) is 1.48. The Balaban J connectivity index is 2.20. The van der Waals surface area contributed by atoms with Crippen LogP contribution in [0.4, 0.5) is 0 Å². The normalized spacial score (nSPS) is 21.9. The molecular weight excluding hydrogens is 174 g/mol. The van der Waals surface area contributed by atoms with Crippen molar-refractivity contribution < 1.29 is 10.1 Å². The van der Waals surface area contributed by atoms with Crippen LogP contribution < -0.4 is 10.1 Å². The Labute approximate surface area is 85.3 Å². The maximum atomic E-state index is 5.38. The Morgan fingerprint density at radius 2 is 2.14 bits per heavy atom. The Morgan fingerprint density at radius 1 is 1.29 bits per heavy atom. The number of rotatable bonds is 2. The summed E-state index contributed by atoms with van der Waals surface area (Å²) in [5, 5.41) is 2.43. The van der Waals surface area contributed by atoms with Crippen molar-refractivity contribution in [3.8, 4) is 5.75 Å². The zero-order valence-corrected chi connectivity index (χ0v) is 8.70. The fraction of sp³-hybridized carbons (Fsp3) is 0.500. The summed E-state index contributed by atoms with van der Waals surface area (Å²) in [6.07, 6.45) is 3.98. The van der Waals surface area contributed by atoms with Gasteiger partial charge in [0.2, 0.25) is 0 Å². The molecule has 14 heavy (non-hydrogen) atoms. The van der Waals surface area contributed by atoms with E-state index in [9.17, 15) is 0 Å². The summed E-state index contributed by atoms with van der Waals surface area (Å²) >= 11 is 0. The van der Waals surface area contributed by atoms with Crippen molar-refractivity contribution in [1.29, 1.82) is 0 Å². The van der Waals surface area contributed by atoms with Crippen LogP contribution in [0.3, 0.4) is 0 Å². The van der Waals surface area contributed by atoms with Crippen molar-refractivity contribution in [2.75, 3.05) is 13.7 Å². The molecule has 76 valence electrons. The molecule has 0 amide bonds. The zero-order chi connectivity index (χ0) is 9.80. The molecule has 1 aromatic rings. The van der Waals surface area contributed by atoms with Gasteiger partial charge in [-0.2, -0.15) is 0 Å². The van der Waals surface area contributed by atoms with Gasteiger partial charge in [-0.05, 0) is 25.0 Å². The molecule has 1 aliphatic rings. The molecule has 0 unspecified atom stereocenters. The second-order valence-corrected chi connectivity index (χ2v) is 3.87. The third-order valence-electron chi connectivity index (χ3n) is 2.96. The molecule has 2 rings (SSSR count). The van der Waals surface area contributed by atoms with Gasteiger partial charge in [-0.1, -0.05) is 12.1 Å². The largest absolute Gasteiger partial charge is 0.496 e. The molecule has 0 radical (unpaired) electrons. The molecule has 0 aromatic heterocycles. The topological polar surface area (TPSA) is 25.8 Å². The maximum absolute atomic E-state index is 5.38. The van der Waals surface area contributed by atoms with E-state index in [2.05, 4.69) is 23.5 Å². The summed E-state index contributed by atoms with van der Waals surface area (Å²) in [5.74, 6) is 1.04. The number of nitrogens with two attached hydrogens (primary N) is 1. The first-order chi connectivity index (χ1) is 6.92. The Morgan fingerprint density at radius 3 is 2.86 bits per heavy atom. The summed E-state index contributed by atoms with van der Waals surface area (Å²) in [5.41, 5.74) is 1.36. The second kappa shape index (κ2) is 4.47. The van der Waals surface area contributed by atoms with Gasteiger partial charge in [0.15, 0.2) is 0 Å². The van der Waals surface area contributed by atoms with Crippen molar-refractivity contribution in [2.24, 2.45) is 0 Å². The van der Waals surface area contributed by atoms with Gasteiger partial charge < -0.3 is 10.1 Å². The van der Waals surface area contributed by atoms with Gasteiger partial charge in [-0.25, -0.2) is 0 Å². The van der Waals surface area contributed by atoms with Crippen LogP contribution in [0.1, 0.15) is 30.9 Å². The van der Waals surface area contributed by atoms with E-state index in [0.717, 1.165) is 5.75 Å². The fourth-order valence-corrected chi connectivity index (χ4v) is 2.20. The predicted molar refractivity (Wildman–Crippen MR) is 56.4 cm³/mol. The van der Waals surface area contributed by atoms with Crippen LogP contribution in [0.15, 0.2) is 24.3 Å². The molecule has 2 heteroatoms. The molecule has 1 saturated heterocycles. The highest BCUT2D eigenvalue weighted by Crippen LogP contribution is 2.26. The molecule has 1 aliphatic heterocycles. The average molecular weight is 192 g/mol. The third-order valence-corrected chi connectivity index (χ3v) is 2.96. The lowest BCUT2D eigenvalue weighted by Gasteiger charge is -2.21. The van der Waals surface area contributed by atoms with Crippen molar-refractivity contribution in [3.05, 3.63) is 29.8 Å². The molecule has 2 nitrogen and oxygen atoms in total. The fourth-order valence-electron chi connectivity index (χ4n) is 2.20. The SMILES string of the molecule is COc1ccccc1[C@H]1CCCC[NH2+]1. The van der Waals surface area contributed by atoms with E-state index in [1.165, 1.54) is 31.4 Å². The Bertz CT molecular complexity index is 292. The second-order valence-electron chi connectivity index (χ2n) is 3.87. The molecule has 1 atom stereocenters. The molecule has 1 fully saturated rings. The van der Waals surface area contributed by atoms with Crippen molar-refractivity contribution in [1.82, 2.24) is 0 Å². The van der Waals surface area contributed by atoms with Crippen LogP contribution in [-0.2, 0) is 0 Å². The van der Waals surface area contributed by atoms with E-state index >= 15 is 0 Å². The summed E-state index contributed by atoms with van der Waals surface area (Å²) in [6.45, 7) is 1.25. The van der Waals surface area contributed by atoms with Crippen LogP contribution in [0.5, 0.6) is 5.75 Å². The van der Waals surface area contributed by atoms with Gasteiger partial charge in [0.05, 0.1) is 19.2 Å². The monoisotopic (exact) mass is 192 g/mol. The maximum Gasteiger partial charge on any atom is 0.128 e. The molecule has 0 aliphatic carbocycles. The zero-order valence-electron chi connectivity index (χ0n) is 8.70. The average Bonchev–Trinajstić information content (AvgIpc) is 2.30. The first-order valence-corrected chi connectivity index (χ1v) is 5.38. The minimum absolute atomic E-state index is 0.611. The van der Waals surface area contributed by atoms with Gasteiger partial charge >= 0.3 is 0 Å². The van der Waals surface area contributed by atoms with E-state index in [1.54, 1.807) is 7.11 Å². The van der Waals surface area contributed by atoms with Crippen LogP contribution in [0.25, 0.3) is 0 Å². The summed E-state index contributed by atoms with van der Waals surface area (Å²) < 4.78 is 5.38. The number of ether oxygens (including phenoxy) is 1. The minimum Gasteiger partial charge on any atom is -0.496 e. The van der Waals surface area contributed by atoms with Crippen molar-refractivity contribution in [2.45, 2.75) is 25.3 Å². The molecule has 1 heterocycles. The quantitative estimate of drug-likeness (QED) is 0.754. The van der Waals surface area contributed by atoms with E-state index in [0.29, 0.717) is 6.04 Å². The Kier molecular flexibility index (Phi) is 3.04. The molecule has 2 N–H and O–H groups in total. The number of benzene rings is 1. The number of quaternary nitrogens is 1. The van der Waals surface area contributed by atoms with Gasteiger partial charge in [-0.15, -0.1) is 0 Å². The standard InChI is InChI=1S/C12H17NO/c1-14-12-8-3-2-6-10(12)11-7-4-5-9-13-11/h2-3,6,8,11,13H,4-5,7,9H2,1H3/p+1/t11-/m1/s1.